The van der Waals surface area contributed by atoms with Gasteiger partial charge in [-0.2, -0.15) is 0 Å². The topological polar surface area (TPSA) is 9.23 Å². The van der Waals surface area contributed by atoms with Crippen LogP contribution < -0.4 is 15.6 Å². The first-order valence-corrected chi connectivity index (χ1v) is 10.4. The molecule has 0 unspecified atom stereocenters. The lowest BCUT2D eigenvalue weighted by Gasteiger charge is -2.33. The summed E-state index contributed by atoms with van der Waals surface area (Å²) < 4.78 is 6.64. The van der Waals surface area contributed by atoms with E-state index in [1.165, 1.54) is 26.7 Å². The van der Waals surface area contributed by atoms with E-state index in [1.807, 2.05) is 0 Å². The summed E-state index contributed by atoms with van der Waals surface area (Å²) in [4.78, 5) is 0. The SMILES string of the molecule is CCO[Si](c1ccccc1)(c1ccccc1)c1cc(C)cc(C)c1. The van der Waals surface area contributed by atoms with Crippen LogP contribution in [-0.2, 0) is 4.43 Å². The van der Waals surface area contributed by atoms with Gasteiger partial charge in [0.15, 0.2) is 0 Å². The molecule has 0 aliphatic rings. The normalized spacial score (nSPS) is 11.5. The minimum atomic E-state index is -2.49. The quantitative estimate of drug-likeness (QED) is 0.514. The molecule has 122 valence electrons. The van der Waals surface area contributed by atoms with E-state index in [-0.39, 0.29) is 0 Å². The first kappa shape index (κ1) is 16.7. The number of rotatable bonds is 5. The number of benzene rings is 3. The van der Waals surface area contributed by atoms with Crippen LogP contribution in [0, 0.1) is 13.8 Å². The highest BCUT2D eigenvalue weighted by molar-refractivity contribution is 7.07. The van der Waals surface area contributed by atoms with Gasteiger partial charge in [-0.3, -0.25) is 0 Å². The molecule has 3 rings (SSSR count). The molecule has 0 fully saturated rings. The standard InChI is InChI=1S/C22H24OSi/c1-4-23-24(20-11-7-5-8-12-20,21-13-9-6-10-14-21)22-16-18(2)15-19(3)17-22/h5-17H,4H2,1-3H3. The van der Waals surface area contributed by atoms with Crippen LogP contribution in [0.15, 0.2) is 78.9 Å². The fraction of sp³-hybridized carbons (Fsp3) is 0.182. The van der Waals surface area contributed by atoms with Gasteiger partial charge in [-0.25, -0.2) is 0 Å². The molecule has 0 radical (unpaired) electrons. The molecule has 0 aliphatic heterocycles. The molecular formula is C22H24OSi. The summed E-state index contributed by atoms with van der Waals surface area (Å²) in [6.07, 6.45) is 0. The first-order valence-electron chi connectivity index (χ1n) is 8.50. The molecule has 0 heterocycles. The lowest BCUT2D eigenvalue weighted by Crippen LogP contribution is -2.69. The van der Waals surface area contributed by atoms with E-state index in [1.54, 1.807) is 0 Å². The highest BCUT2D eigenvalue weighted by Crippen LogP contribution is 2.12. The summed E-state index contributed by atoms with van der Waals surface area (Å²) in [6, 6.07) is 28.3. The van der Waals surface area contributed by atoms with Crippen LogP contribution >= 0.6 is 0 Å². The Labute approximate surface area is 146 Å². The van der Waals surface area contributed by atoms with Gasteiger partial charge < -0.3 is 4.43 Å². The van der Waals surface area contributed by atoms with Crippen LogP contribution in [0.25, 0.3) is 0 Å². The fourth-order valence-corrected chi connectivity index (χ4v) is 7.61. The van der Waals surface area contributed by atoms with Gasteiger partial charge in [0.25, 0.3) is 8.32 Å². The van der Waals surface area contributed by atoms with Gasteiger partial charge >= 0.3 is 0 Å². The number of hydrogen-bond donors (Lipinski definition) is 0. The van der Waals surface area contributed by atoms with Crippen LogP contribution in [0.4, 0.5) is 0 Å². The fourth-order valence-electron chi connectivity index (χ4n) is 3.49. The maximum Gasteiger partial charge on any atom is 0.288 e. The third-order valence-corrected chi connectivity index (χ3v) is 8.47. The molecule has 3 aromatic rings. The predicted molar refractivity (Wildman–Crippen MR) is 105 cm³/mol. The van der Waals surface area contributed by atoms with Crippen LogP contribution in [-0.4, -0.2) is 14.9 Å². The highest BCUT2D eigenvalue weighted by atomic mass is 28.4. The Hall–Kier alpha value is -2.16. The van der Waals surface area contributed by atoms with Gasteiger partial charge in [-0.15, -0.1) is 0 Å². The third-order valence-electron chi connectivity index (χ3n) is 4.35. The van der Waals surface area contributed by atoms with Crippen molar-refractivity contribution in [3.63, 3.8) is 0 Å². The van der Waals surface area contributed by atoms with Gasteiger partial charge in [-0.05, 0) is 36.3 Å². The molecule has 2 heteroatoms. The van der Waals surface area contributed by atoms with Crippen molar-refractivity contribution in [1.29, 1.82) is 0 Å². The average molecular weight is 333 g/mol. The minimum Gasteiger partial charge on any atom is -0.405 e. The van der Waals surface area contributed by atoms with Crippen LogP contribution in [0.1, 0.15) is 18.1 Å². The molecule has 0 aromatic heterocycles. The second-order valence-corrected chi connectivity index (χ2v) is 9.61. The van der Waals surface area contributed by atoms with Crippen molar-refractivity contribution in [3.05, 3.63) is 90.0 Å². The van der Waals surface area contributed by atoms with Gasteiger partial charge in [0.1, 0.15) is 0 Å². The summed E-state index contributed by atoms with van der Waals surface area (Å²) >= 11 is 0. The molecule has 1 nitrogen and oxygen atoms in total. The van der Waals surface area contributed by atoms with Crippen molar-refractivity contribution in [2.24, 2.45) is 0 Å². The smallest absolute Gasteiger partial charge is 0.288 e. The molecule has 0 saturated carbocycles. The van der Waals surface area contributed by atoms with Gasteiger partial charge in [0.05, 0.1) is 0 Å². The lowest BCUT2D eigenvalue weighted by atomic mass is 10.2. The largest absolute Gasteiger partial charge is 0.405 e. The number of hydrogen-bond acceptors (Lipinski definition) is 1. The zero-order chi connectivity index (χ0) is 17.0. The molecule has 0 atom stereocenters. The monoisotopic (exact) mass is 332 g/mol. The summed E-state index contributed by atoms with van der Waals surface area (Å²) in [5.74, 6) is 0. The molecule has 0 aliphatic carbocycles. The molecule has 0 N–H and O–H groups in total. The summed E-state index contributed by atoms with van der Waals surface area (Å²) in [5, 5.41) is 3.91. The zero-order valence-corrected chi connectivity index (χ0v) is 15.6. The van der Waals surface area contributed by atoms with Gasteiger partial charge in [0.2, 0.25) is 0 Å². The maximum absolute atomic E-state index is 6.64. The van der Waals surface area contributed by atoms with Gasteiger partial charge in [-0.1, -0.05) is 90.0 Å². The molecule has 0 spiro atoms. The van der Waals surface area contributed by atoms with Crippen molar-refractivity contribution in [3.8, 4) is 0 Å². The Morgan fingerprint density at radius 2 is 1.12 bits per heavy atom. The Morgan fingerprint density at radius 3 is 1.54 bits per heavy atom. The molecule has 0 saturated heterocycles. The van der Waals surface area contributed by atoms with E-state index >= 15 is 0 Å². The van der Waals surface area contributed by atoms with Crippen LogP contribution in [0.2, 0.25) is 0 Å². The van der Waals surface area contributed by atoms with Crippen molar-refractivity contribution in [2.45, 2.75) is 20.8 Å². The van der Waals surface area contributed by atoms with Gasteiger partial charge in [0, 0.05) is 6.61 Å². The average Bonchev–Trinajstić information content (AvgIpc) is 2.60. The van der Waals surface area contributed by atoms with E-state index in [9.17, 15) is 0 Å². The zero-order valence-electron chi connectivity index (χ0n) is 14.6. The Bertz CT molecular complexity index is 737. The van der Waals surface area contributed by atoms with Crippen molar-refractivity contribution in [1.82, 2.24) is 0 Å². The maximum atomic E-state index is 6.64. The number of aryl methyl sites for hydroxylation is 2. The summed E-state index contributed by atoms with van der Waals surface area (Å²) in [7, 11) is -2.49. The highest BCUT2D eigenvalue weighted by Gasteiger charge is 2.41. The van der Waals surface area contributed by atoms with Crippen LogP contribution in [0.3, 0.4) is 0 Å². The van der Waals surface area contributed by atoms with E-state index in [2.05, 4.69) is 99.6 Å². The molecule has 0 bridgehead atoms. The summed E-state index contributed by atoms with van der Waals surface area (Å²) in [5.41, 5.74) is 2.57. The first-order chi connectivity index (χ1) is 11.7. The van der Waals surface area contributed by atoms with Crippen molar-refractivity contribution >= 4 is 23.9 Å². The van der Waals surface area contributed by atoms with E-state index in [0.29, 0.717) is 6.61 Å². The van der Waals surface area contributed by atoms with Crippen molar-refractivity contribution < 1.29 is 4.43 Å². The van der Waals surface area contributed by atoms with Crippen molar-refractivity contribution in [2.75, 3.05) is 6.61 Å². The summed E-state index contributed by atoms with van der Waals surface area (Å²) in [6.45, 7) is 7.12. The Kier molecular flexibility index (Phi) is 4.98. The van der Waals surface area contributed by atoms with E-state index < -0.39 is 8.32 Å². The minimum absolute atomic E-state index is 0.697. The Morgan fingerprint density at radius 1 is 0.667 bits per heavy atom. The van der Waals surface area contributed by atoms with E-state index in [4.69, 9.17) is 4.43 Å². The second kappa shape index (κ2) is 7.16. The lowest BCUT2D eigenvalue weighted by molar-refractivity contribution is 0.347. The molecule has 24 heavy (non-hydrogen) atoms. The third kappa shape index (κ3) is 3.08. The molecule has 3 aromatic carbocycles. The van der Waals surface area contributed by atoms with Crippen LogP contribution in [0.5, 0.6) is 0 Å². The predicted octanol–water partition coefficient (Wildman–Crippen LogP) is 3.31. The second-order valence-electron chi connectivity index (χ2n) is 6.22. The molecular weight excluding hydrogens is 308 g/mol. The Balaban J connectivity index is 2.34. The van der Waals surface area contributed by atoms with E-state index in [0.717, 1.165) is 0 Å². The molecule has 0 amide bonds.